The lowest BCUT2D eigenvalue weighted by Crippen LogP contribution is -2.04. The molecule has 0 fully saturated rings. The topological polar surface area (TPSA) is 20.2 Å². The molecule has 0 unspecified atom stereocenters. The Morgan fingerprint density at radius 1 is 1.00 bits per heavy atom. The SMILES string of the molecule is C=C(/C=C(\O)C(CC)CC)C(CC)CC. The molecule has 0 aromatic rings. The molecule has 0 atom stereocenters. The van der Waals surface area contributed by atoms with Gasteiger partial charge in [0.05, 0.1) is 5.76 Å². The van der Waals surface area contributed by atoms with Crippen LogP contribution < -0.4 is 0 Å². The van der Waals surface area contributed by atoms with Crippen molar-refractivity contribution in [1.29, 1.82) is 0 Å². The van der Waals surface area contributed by atoms with Gasteiger partial charge in [-0.1, -0.05) is 34.3 Å². The van der Waals surface area contributed by atoms with E-state index in [1.54, 1.807) is 0 Å². The number of rotatable bonds is 7. The van der Waals surface area contributed by atoms with Crippen molar-refractivity contribution in [2.24, 2.45) is 11.8 Å². The van der Waals surface area contributed by atoms with Gasteiger partial charge < -0.3 is 5.11 Å². The van der Waals surface area contributed by atoms with Gasteiger partial charge in [0.1, 0.15) is 0 Å². The lowest BCUT2D eigenvalue weighted by Gasteiger charge is -2.16. The molecule has 0 aromatic heterocycles. The molecule has 0 aliphatic rings. The summed E-state index contributed by atoms with van der Waals surface area (Å²) in [6.07, 6.45) is 6.07. The van der Waals surface area contributed by atoms with Gasteiger partial charge in [-0.15, -0.1) is 0 Å². The maximum atomic E-state index is 9.92. The van der Waals surface area contributed by atoms with Gasteiger partial charge in [-0.2, -0.15) is 0 Å². The first-order valence-electron chi connectivity index (χ1n) is 6.19. The van der Waals surface area contributed by atoms with Gasteiger partial charge in [0, 0.05) is 5.92 Å². The third-order valence-electron chi connectivity index (χ3n) is 3.25. The smallest absolute Gasteiger partial charge is 0.0955 e. The molecule has 0 aromatic carbocycles. The summed E-state index contributed by atoms with van der Waals surface area (Å²) >= 11 is 0. The van der Waals surface area contributed by atoms with E-state index < -0.39 is 0 Å². The summed E-state index contributed by atoms with van der Waals surface area (Å²) in [7, 11) is 0. The molecule has 0 heterocycles. The third kappa shape index (κ3) is 4.55. The molecule has 0 aliphatic carbocycles. The standard InChI is InChI=1S/C14H26O/c1-6-12(7-2)11(5)10-14(15)13(8-3)9-4/h10,12-13,15H,5-9H2,1-4H3/b14-10-. The third-order valence-corrected chi connectivity index (χ3v) is 3.25. The summed E-state index contributed by atoms with van der Waals surface area (Å²) in [5, 5.41) is 9.92. The highest BCUT2D eigenvalue weighted by Crippen LogP contribution is 2.23. The van der Waals surface area contributed by atoms with Crippen molar-refractivity contribution in [2.45, 2.75) is 53.4 Å². The maximum absolute atomic E-state index is 9.92. The van der Waals surface area contributed by atoms with Crippen molar-refractivity contribution >= 4 is 0 Å². The highest BCUT2D eigenvalue weighted by atomic mass is 16.3. The van der Waals surface area contributed by atoms with E-state index in [0.717, 1.165) is 31.3 Å². The fourth-order valence-corrected chi connectivity index (χ4v) is 1.95. The summed E-state index contributed by atoms with van der Waals surface area (Å²) in [5.74, 6) is 1.33. The van der Waals surface area contributed by atoms with E-state index in [0.29, 0.717) is 17.6 Å². The van der Waals surface area contributed by atoms with Crippen LogP contribution >= 0.6 is 0 Å². The van der Waals surface area contributed by atoms with Crippen LogP contribution in [0.5, 0.6) is 0 Å². The van der Waals surface area contributed by atoms with Gasteiger partial charge in [0.15, 0.2) is 0 Å². The van der Waals surface area contributed by atoms with Crippen molar-refractivity contribution in [3.63, 3.8) is 0 Å². The molecule has 0 radical (unpaired) electrons. The first-order chi connectivity index (χ1) is 7.10. The Morgan fingerprint density at radius 2 is 1.40 bits per heavy atom. The number of aliphatic hydroxyl groups excluding tert-OH is 1. The number of aliphatic hydroxyl groups is 1. The molecular formula is C14H26O. The monoisotopic (exact) mass is 210 g/mol. The zero-order chi connectivity index (χ0) is 11.8. The molecule has 1 N–H and O–H groups in total. The highest BCUT2D eigenvalue weighted by molar-refractivity contribution is 5.21. The van der Waals surface area contributed by atoms with Crippen molar-refractivity contribution < 1.29 is 5.11 Å². The fourth-order valence-electron chi connectivity index (χ4n) is 1.95. The Balaban J connectivity index is 4.51. The zero-order valence-electron chi connectivity index (χ0n) is 10.7. The molecule has 15 heavy (non-hydrogen) atoms. The molecule has 0 spiro atoms. The second-order valence-corrected chi connectivity index (χ2v) is 4.17. The van der Waals surface area contributed by atoms with E-state index in [2.05, 4.69) is 34.3 Å². The Hall–Kier alpha value is -0.720. The fraction of sp³-hybridized carbons (Fsp3) is 0.714. The quantitative estimate of drug-likeness (QED) is 0.470. The molecule has 0 aliphatic heterocycles. The van der Waals surface area contributed by atoms with E-state index in [1.165, 1.54) is 0 Å². The zero-order valence-corrected chi connectivity index (χ0v) is 10.7. The number of hydrogen-bond acceptors (Lipinski definition) is 1. The van der Waals surface area contributed by atoms with Crippen LogP contribution in [-0.4, -0.2) is 5.11 Å². The average molecular weight is 210 g/mol. The van der Waals surface area contributed by atoms with Gasteiger partial charge >= 0.3 is 0 Å². The van der Waals surface area contributed by atoms with Crippen LogP contribution in [0.2, 0.25) is 0 Å². The molecular weight excluding hydrogens is 184 g/mol. The van der Waals surface area contributed by atoms with Gasteiger partial charge in [-0.05, 0) is 43.3 Å². The largest absolute Gasteiger partial charge is 0.512 e. The highest BCUT2D eigenvalue weighted by Gasteiger charge is 2.11. The Labute approximate surface area is 94.9 Å². The lowest BCUT2D eigenvalue weighted by atomic mass is 9.92. The van der Waals surface area contributed by atoms with E-state index in [1.807, 2.05) is 6.08 Å². The summed E-state index contributed by atoms with van der Waals surface area (Å²) < 4.78 is 0. The second kappa shape index (κ2) is 7.56. The van der Waals surface area contributed by atoms with E-state index >= 15 is 0 Å². The Morgan fingerprint density at radius 3 is 1.73 bits per heavy atom. The minimum absolute atomic E-state index is 0.302. The molecule has 0 amide bonds. The molecule has 0 bridgehead atoms. The van der Waals surface area contributed by atoms with Crippen LogP contribution in [0, 0.1) is 11.8 Å². The predicted molar refractivity (Wildman–Crippen MR) is 68.0 cm³/mol. The van der Waals surface area contributed by atoms with Gasteiger partial charge in [0.2, 0.25) is 0 Å². The van der Waals surface area contributed by atoms with Crippen molar-refractivity contribution in [1.82, 2.24) is 0 Å². The molecule has 0 rings (SSSR count). The van der Waals surface area contributed by atoms with Gasteiger partial charge in [0.25, 0.3) is 0 Å². The second-order valence-electron chi connectivity index (χ2n) is 4.17. The molecule has 88 valence electrons. The van der Waals surface area contributed by atoms with Crippen molar-refractivity contribution in [3.8, 4) is 0 Å². The summed E-state index contributed by atoms with van der Waals surface area (Å²) in [6, 6.07) is 0. The number of allylic oxidation sites excluding steroid dienone is 3. The summed E-state index contributed by atoms with van der Waals surface area (Å²) in [5.41, 5.74) is 1.07. The Kier molecular flexibility index (Phi) is 7.19. The van der Waals surface area contributed by atoms with Crippen LogP contribution in [0.25, 0.3) is 0 Å². The molecule has 1 nitrogen and oxygen atoms in total. The number of hydrogen-bond donors (Lipinski definition) is 1. The lowest BCUT2D eigenvalue weighted by molar-refractivity contribution is 0.317. The van der Waals surface area contributed by atoms with E-state index in [-0.39, 0.29) is 0 Å². The predicted octanol–water partition coefficient (Wildman–Crippen LogP) is 4.86. The summed E-state index contributed by atoms with van der Waals surface area (Å²) in [6.45, 7) is 12.6. The van der Waals surface area contributed by atoms with Gasteiger partial charge in [-0.3, -0.25) is 0 Å². The van der Waals surface area contributed by atoms with Crippen LogP contribution in [0.4, 0.5) is 0 Å². The minimum Gasteiger partial charge on any atom is -0.512 e. The van der Waals surface area contributed by atoms with Crippen LogP contribution in [0.3, 0.4) is 0 Å². The Bertz CT molecular complexity index is 207. The van der Waals surface area contributed by atoms with Crippen molar-refractivity contribution in [3.05, 3.63) is 24.0 Å². The minimum atomic E-state index is 0.302. The normalized spacial score (nSPS) is 12.5. The van der Waals surface area contributed by atoms with Gasteiger partial charge in [-0.25, -0.2) is 0 Å². The van der Waals surface area contributed by atoms with Crippen LogP contribution in [0.15, 0.2) is 24.0 Å². The van der Waals surface area contributed by atoms with E-state index in [9.17, 15) is 5.11 Å². The summed E-state index contributed by atoms with van der Waals surface area (Å²) in [4.78, 5) is 0. The van der Waals surface area contributed by atoms with E-state index in [4.69, 9.17) is 0 Å². The molecule has 0 saturated carbocycles. The first kappa shape index (κ1) is 14.3. The maximum Gasteiger partial charge on any atom is 0.0955 e. The first-order valence-corrected chi connectivity index (χ1v) is 6.19. The average Bonchev–Trinajstić information content (AvgIpc) is 2.21. The van der Waals surface area contributed by atoms with Crippen LogP contribution in [0.1, 0.15) is 53.4 Å². The van der Waals surface area contributed by atoms with Crippen LogP contribution in [-0.2, 0) is 0 Å². The molecule has 1 heteroatoms. The van der Waals surface area contributed by atoms with Crippen molar-refractivity contribution in [2.75, 3.05) is 0 Å². The molecule has 0 saturated heterocycles.